The number of nitrogens with zero attached hydrogens (tertiary/aromatic N) is 1. The molecule has 0 heterocycles. The van der Waals surface area contributed by atoms with E-state index in [4.69, 9.17) is 0 Å². The summed E-state index contributed by atoms with van der Waals surface area (Å²) in [6.07, 6.45) is 0. The summed E-state index contributed by atoms with van der Waals surface area (Å²) in [5, 5.41) is 0. The first kappa shape index (κ1) is 13.3. The standard InChI is InChI=1S/C17H19NO/c1-13(19)17(14-7-5-4-6-8-14)15-9-11-16(12-10-15)18(2)3/h4-12,17H,1-3H3. The average Bonchev–Trinajstić information content (AvgIpc) is 2.40. The molecule has 19 heavy (non-hydrogen) atoms. The third-order valence-corrected chi connectivity index (χ3v) is 3.28. The number of carbonyl (C=O) groups is 1. The Bertz CT molecular complexity index is 543. The molecule has 0 fully saturated rings. The Balaban J connectivity index is 2.38. The fourth-order valence-electron chi connectivity index (χ4n) is 2.27. The van der Waals surface area contributed by atoms with Gasteiger partial charge in [0.2, 0.25) is 0 Å². The summed E-state index contributed by atoms with van der Waals surface area (Å²) in [6, 6.07) is 18.1. The molecule has 0 saturated carbocycles. The molecule has 2 heteroatoms. The van der Waals surface area contributed by atoms with Crippen molar-refractivity contribution in [2.45, 2.75) is 12.8 Å². The number of carbonyl (C=O) groups excluding carboxylic acids is 1. The zero-order chi connectivity index (χ0) is 13.8. The number of rotatable bonds is 4. The molecule has 2 rings (SSSR count). The molecule has 0 amide bonds. The van der Waals surface area contributed by atoms with Gasteiger partial charge in [0.25, 0.3) is 0 Å². The second-order valence-electron chi connectivity index (χ2n) is 4.94. The van der Waals surface area contributed by atoms with Crippen molar-refractivity contribution in [3.63, 3.8) is 0 Å². The molecular weight excluding hydrogens is 234 g/mol. The van der Waals surface area contributed by atoms with E-state index in [9.17, 15) is 4.79 Å². The van der Waals surface area contributed by atoms with E-state index in [1.807, 2.05) is 68.7 Å². The first-order valence-electron chi connectivity index (χ1n) is 6.42. The van der Waals surface area contributed by atoms with Crippen molar-refractivity contribution < 1.29 is 4.79 Å². The Labute approximate surface area is 114 Å². The third kappa shape index (κ3) is 3.02. The first-order chi connectivity index (χ1) is 9.09. The summed E-state index contributed by atoms with van der Waals surface area (Å²) in [5.74, 6) is 0.00113. The number of ketones is 1. The van der Waals surface area contributed by atoms with Gasteiger partial charge in [-0.3, -0.25) is 4.79 Å². The van der Waals surface area contributed by atoms with Gasteiger partial charge in [0.15, 0.2) is 0 Å². The topological polar surface area (TPSA) is 20.3 Å². The van der Waals surface area contributed by atoms with Crippen LogP contribution in [0.25, 0.3) is 0 Å². The summed E-state index contributed by atoms with van der Waals surface area (Å²) in [7, 11) is 4.02. The van der Waals surface area contributed by atoms with Gasteiger partial charge in [-0.25, -0.2) is 0 Å². The molecule has 2 aromatic rings. The van der Waals surface area contributed by atoms with Gasteiger partial charge in [0.05, 0.1) is 5.92 Å². The Morgan fingerprint density at radius 2 is 1.42 bits per heavy atom. The van der Waals surface area contributed by atoms with Crippen LogP contribution in [0.15, 0.2) is 54.6 Å². The molecule has 2 nitrogen and oxygen atoms in total. The van der Waals surface area contributed by atoms with Crippen LogP contribution in [-0.2, 0) is 4.79 Å². The van der Waals surface area contributed by atoms with Crippen LogP contribution in [0.4, 0.5) is 5.69 Å². The normalized spacial score (nSPS) is 11.9. The van der Waals surface area contributed by atoms with Crippen LogP contribution in [0.5, 0.6) is 0 Å². The highest BCUT2D eigenvalue weighted by molar-refractivity contribution is 5.87. The summed E-state index contributed by atoms with van der Waals surface area (Å²) in [6.45, 7) is 1.65. The van der Waals surface area contributed by atoms with Crippen molar-refractivity contribution in [3.8, 4) is 0 Å². The van der Waals surface area contributed by atoms with Crippen molar-refractivity contribution in [2.75, 3.05) is 19.0 Å². The van der Waals surface area contributed by atoms with E-state index >= 15 is 0 Å². The lowest BCUT2D eigenvalue weighted by atomic mass is 9.88. The molecule has 0 aliphatic carbocycles. The largest absolute Gasteiger partial charge is 0.378 e. The Hall–Kier alpha value is -2.09. The predicted molar refractivity (Wildman–Crippen MR) is 79.7 cm³/mol. The van der Waals surface area contributed by atoms with E-state index in [1.165, 1.54) is 0 Å². The number of hydrogen-bond donors (Lipinski definition) is 0. The minimum absolute atomic E-state index is 0.169. The van der Waals surface area contributed by atoms with Crippen LogP contribution >= 0.6 is 0 Å². The quantitative estimate of drug-likeness (QED) is 0.831. The molecule has 98 valence electrons. The van der Waals surface area contributed by atoms with Gasteiger partial charge < -0.3 is 4.90 Å². The van der Waals surface area contributed by atoms with Crippen LogP contribution < -0.4 is 4.90 Å². The monoisotopic (exact) mass is 253 g/mol. The van der Waals surface area contributed by atoms with E-state index in [0.29, 0.717) is 0 Å². The van der Waals surface area contributed by atoms with Gasteiger partial charge in [0.1, 0.15) is 5.78 Å². The van der Waals surface area contributed by atoms with Gasteiger partial charge in [-0.2, -0.15) is 0 Å². The lowest BCUT2D eigenvalue weighted by Gasteiger charge is -2.17. The molecule has 2 aromatic carbocycles. The highest BCUT2D eigenvalue weighted by Crippen LogP contribution is 2.27. The van der Waals surface area contributed by atoms with Crippen molar-refractivity contribution in [2.24, 2.45) is 0 Å². The maximum atomic E-state index is 12.0. The zero-order valence-corrected chi connectivity index (χ0v) is 11.6. The van der Waals surface area contributed by atoms with Gasteiger partial charge in [-0.15, -0.1) is 0 Å². The fraction of sp³-hybridized carbons (Fsp3) is 0.235. The Morgan fingerprint density at radius 3 is 1.89 bits per heavy atom. The molecule has 0 spiro atoms. The summed E-state index contributed by atoms with van der Waals surface area (Å²) < 4.78 is 0. The van der Waals surface area contributed by atoms with Crippen LogP contribution in [0.1, 0.15) is 24.0 Å². The molecule has 0 N–H and O–H groups in total. The second-order valence-corrected chi connectivity index (χ2v) is 4.94. The first-order valence-corrected chi connectivity index (χ1v) is 6.42. The molecule has 1 atom stereocenters. The van der Waals surface area contributed by atoms with E-state index in [2.05, 4.69) is 4.90 Å². The number of hydrogen-bond acceptors (Lipinski definition) is 2. The molecule has 0 radical (unpaired) electrons. The maximum absolute atomic E-state index is 12.0. The predicted octanol–water partition coefficient (Wildman–Crippen LogP) is 3.47. The number of benzene rings is 2. The minimum atomic E-state index is -0.169. The van der Waals surface area contributed by atoms with Crippen molar-refractivity contribution >= 4 is 11.5 Å². The van der Waals surface area contributed by atoms with E-state index in [1.54, 1.807) is 6.92 Å². The molecule has 0 bridgehead atoms. The highest BCUT2D eigenvalue weighted by Gasteiger charge is 2.18. The maximum Gasteiger partial charge on any atom is 0.141 e. The minimum Gasteiger partial charge on any atom is -0.378 e. The summed E-state index contributed by atoms with van der Waals surface area (Å²) >= 11 is 0. The smallest absolute Gasteiger partial charge is 0.141 e. The van der Waals surface area contributed by atoms with Gasteiger partial charge in [-0.1, -0.05) is 42.5 Å². The van der Waals surface area contributed by atoms with Crippen LogP contribution in [0, 0.1) is 0 Å². The summed E-state index contributed by atoms with van der Waals surface area (Å²) in [5.41, 5.74) is 3.23. The van der Waals surface area contributed by atoms with Crippen LogP contribution in [0.2, 0.25) is 0 Å². The van der Waals surface area contributed by atoms with Gasteiger partial charge in [0, 0.05) is 19.8 Å². The molecule has 1 unspecified atom stereocenters. The third-order valence-electron chi connectivity index (χ3n) is 3.28. The van der Waals surface area contributed by atoms with Crippen molar-refractivity contribution in [1.82, 2.24) is 0 Å². The molecular formula is C17H19NO. The van der Waals surface area contributed by atoms with Crippen molar-refractivity contribution in [3.05, 3.63) is 65.7 Å². The molecule has 0 saturated heterocycles. The zero-order valence-electron chi connectivity index (χ0n) is 11.6. The van der Waals surface area contributed by atoms with Gasteiger partial charge >= 0.3 is 0 Å². The highest BCUT2D eigenvalue weighted by atomic mass is 16.1. The van der Waals surface area contributed by atoms with E-state index in [-0.39, 0.29) is 11.7 Å². The van der Waals surface area contributed by atoms with Crippen LogP contribution in [0.3, 0.4) is 0 Å². The molecule has 0 aromatic heterocycles. The van der Waals surface area contributed by atoms with Crippen molar-refractivity contribution in [1.29, 1.82) is 0 Å². The second kappa shape index (κ2) is 5.70. The van der Waals surface area contributed by atoms with E-state index in [0.717, 1.165) is 16.8 Å². The Morgan fingerprint density at radius 1 is 0.895 bits per heavy atom. The molecule has 0 aliphatic heterocycles. The SMILES string of the molecule is CC(=O)C(c1ccccc1)c1ccc(N(C)C)cc1. The number of anilines is 1. The summed E-state index contributed by atoms with van der Waals surface area (Å²) in [4.78, 5) is 14.0. The van der Waals surface area contributed by atoms with Crippen LogP contribution in [-0.4, -0.2) is 19.9 Å². The van der Waals surface area contributed by atoms with E-state index < -0.39 is 0 Å². The Kier molecular flexibility index (Phi) is 4.00. The molecule has 0 aliphatic rings. The number of Topliss-reactive ketones (excluding diaryl/α,β-unsaturated/α-hetero) is 1. The van der Waals surface area contributed by atoms with Gasteiger partial charge in [-0.05, 0) is 30.2 Å². The lowest BCUT2D eigenvalue weighted by Crippen LogP contribution is -2.12. The fourth-order valence-corrected chi connectivity index (χ4v) is 2.27. The average molecular weight is 253 g/mol. The lowest BCUT2D eigenvalue weighted by molar-refractivity contribution is -0.117.